The second-order valence-electron chi connectivity index (χ2n) is 3.91. The number of halogens is 1. The molecule has 0 saturated carbocycles. The van der Waals surface area contributed by atoms with Crippen molar-refractivity contribution in [2.45, 2.75) is 0 Å². The smallest absolute Gasteiger partial charge is 0.128 e. The molecule has 0 unspecified atom stereocenters. The third-order valence-electron chi connectivity index (χ3n) is 2.71. The quantitative estimate of drug-likeness (QED) is 0.495. The number of benzene rings is 2. The molecule has 19 heavy (non-hydrogen) atoms. The van der Waals surface area contributed by atoms with E-state index in [4.69, 9.17) is 0 Å². The van der Waals surface area contributed by atoms with E-state index in [0.717, 1.165) is 15.9 Å². The van der Waals surface area contributed by atoms with Gasteiger partial charge >= 0.3 is 0 Å². The zero-order valence-electron chi connectivity index (χ0n) is 9.88. The Morgan fingerprint density at radius 3 is 2.32 bits per heavy atom. The molecule has 1 aromatic heterocycles. The fourth-order valence-electron chi connectivity index (χ4n) is 1.81. The Morgan fingerprint density at radius 1 is 0.947 bits per heavy atom. The summed E-state index contributed by atoms with van der Waals surface area (Å²) < 4.78 is 2.61. The summed E-state index contributed by atoms with van der Waals surface area (Å²) in [6.07, 6.45) is 1.90. The molecule has 1 heterocycles. The van der Waals surface area contributed by atoms with Crippen LogP contribution in [0.3, 0.4) is 0 Å². The molecule has 97 valence electrons. The molecule has 0 atom stereocenters. The minimum atomic E-state index is 0. The summed E-state index contributed by atoms with van der Waals surface area (Å²) >= 11 is 3.33. The first-order valence-electron chi connectivity index (χ1n) is 5.62. The van der Waals surface area contributed by atoms with Crippen LogP contribution in [0, 0.1) is 6.07 Å². The van der Waals surface area contributed by atoms with Crippen molar-refractivity contribution in [2.75, 3.05) is 0 Å². The van der Waals surface area contributed by atoms with Gasteiger partial charge in [0.15, 0.2) is 0 Å². The first kappa shape index (κ1) is 14.2. The Balaban J connectivity index is 0.00000133. The summed E-state index contributed by atoms with van der Waals surface area (Å²) in [5.41, 5.74) is 3.29. The Labute approximate surface area is 133 Å². The van der Waals surface area contributed by atoms with Crippen molar-refractivity contribution in [3.05, 3.63) is 71.5 Å². The third kappa shape index (κ3) is 3.21. The van der Waals surface area contributed by atoms with Crippen molar-refractivity contribution < 1.29 is 20.1 Å². The molecule has 0 spiro atoms. The molecule has 3 rings (SSSR count). The molecule has 3 aromatic rings. The van der Waals surface area contributed by atoms with E-state index in [9.17, 15) is 0 Å². The standard InChI is InChI=1S/C15H10BrN2.Ir/c16-15-10-11-18(17-15)14-8-6-13(7-9-14)12-4-2-1-3-5-12;/h1-8,10-11H;/q-1;. The van der Waals surface area contributed by atoms with Gasteiger partial charge in [-0.2, -0.15) is 23.3 Å². The van der Waals surface area contributed by atoms with Gasteiger partial charge in [-0.25, -0.2) is 0 Å². The average Bonchev–Trinajstić information content (AvgIpc) is 2.87. The zero-order chi connectivity index (χ0) is 12.4. The van der Waals surface area contributed by atoms with E-state index in [0.29, 0.717) is 0 Å². The van der Waals surface area contributed by atoms with Gasteiger partial charge in [-0.3, -0.25) is 4.68 Å². The van der Waals surface area contributed by atoms with Crippen LogP contribution < -0.4 is 0 Å². The minimum absolute atomic E-state index is 0. The topological polar surface area (TPSA) is 17.8 Å². The molecule has 0 amide bonds. The summed E-state index contributed by atoms with van der Waals surface area (Å²) in [4.78, 5) is 0. The van der Waals surface area contributed by atoms with E-state index < -0.39 is 0 Å². The van der Waals surface area contributed by atoms with E-state index in [1.165, 1.54) is 5.56 Å². The number of aromatic nitrogens is 2. The van der Waals surface area contributed by atoms with E-state index in [1.54, 1.807) is 4.68 Å². The van der Waals surface area contributed by atoms with Gasteiger partial charge in [0.25, 0.3) is 0 Å². The van der Waals surface area contributed by atoms with Crippen molar-refractivity contribution >= 4 is 15.9 Å². The maximum atomic E-state index is 4.29. The first-order chi connectivity index (χ1) is 8.83. The average molecular weight is 490 g/mol. The van der Waals surface area contributed by atoms with Gasteiger partial charge in [-0.1, -0.05) is 35.9 Å². The fourth-order valence-corrected chi connectivity index (χ4v) is 2.09. The Morgan fingerprint density at radius 2 is 1.74 bits per heavy atom. The zero-order valence-corrected chi connectivity index (χ0v) is 13.9. The number of hydrogen-bond donors (Lipinski definition) is 0. The van der Waals surface area contributed by atoms with Gasteiger partial charge in [-0.15, -0.1) is 11.6 Å². The number of hydrogen-bond acceptors (Lipinski definition) is 1. The van der Waals surface area contributed by atoms with Gasteiger partial charge < -0.3 is 0 Å². The number of rotatable bonds is 2. The van der Waals surface area contributed by atoms with Crippen LogP contribution in [0.15, 0.2) is 65.4 Å². The molecule has 0 aliphatic rings. The van der Waals surface area contributed by atoms with Crippen molar-refractivity contribution in [1.29, 1.82) is 0 Å². The number of nitrogens with zero attached hydrogens (tertiary/aromatic N) is 2. The monoisotopic (exact) mass is 490 g/mol. The van der Waals surface area contributed by atoms with Crippen LogP contribution in [-0.4, -0.2) is 9.78 Å². The molecule has 0 saturated heterocycles. The van der Waals surface area contributed by atoms with Gasteiger partial charge in [0, 0.05) is 26.3 Å². The molecule has 2 nitrogen and oxygen atoms in total. The van der Waals surface area contributed by atoms with Crippen LogP contribution in [0.5, 0.6) is 0 Å². The summed E-state index contributed by atoms with van der Waals surface area (Å²) in [6, 6.07) is 21.5. The van der Waals surface area contributed by atoms with Crippen molar-refractivity contribution in [3.63, 3.8) is 0 Å². The maximum absolute atomic E-state index is 4.29. The first-order valence-corrected chi connectivity index (χ1v) is 6.41. The predicted octanol–water partition coefficient (Wildman–Crippen LogP) is 4.10. The van der Waals surface area contributed by atoms with Crippen molar-refractivity contribution in [2.24, 2.45) is 0 Å². The van der Waals surface area contributed by atoms with E-state index in [2.05, 4.69) is 45.3 Å². The second kappa shape index (κ2) is 6.29. The van der Waals surface area contributed by atoms with Gasteiger partial charge in [0.2, 0.25) is 0 Å². The minimum Gasteiger partial charge on any atom is -0.265 e. The van der Waals surface area contributed by atoms with E-state index in [-0.39, 0.29) is 20.1 Å². The predicted molar refractivity (Wildman–Crippen MR) is 75.5 cm³/mol. The molecule has 0 aliphatic heterocycles. The van der Waals surface area contributed by atoms with Gasteiger partial charge in [-0.05, 0) is 27.7 Å². The van der Waals surface area contributed by atoms with E-state index >= 15 is 0 Å². The summed E-state index contributed by atoms with van der Waals surface area (Å²) in [5, 5.41) is 4.29. The molecule has 0 fully saturated rings. The molecule has 0 bridgehead atoms. The van der Waals surface area contributed by atoms with Crippen LogP contribution in [-0.2, 0) is 20.1 Å². The van der Waals surface area contributed by atoms with Crippen LogP contribution in [0.1, 0.15) is 0 Å². The largest absolute Gasteiger partial charge is 0.265 e. The van der Waals surface area contributed by atoms with Crippen molar-refractivity contribution in [3.8, 4) is 16.8 Å². The SMILES string of the molecule is Brc1ccn(-c2[c-]cc(-c3ccccc3)cc2)n1.[Ir]. The molecule has 4 heteroatoms. The van der Waals surface area contributed by atoms with E-state index in [1.807, 2.05) is 42.6 Å². The fraction of sp³-hybridized carbons (Fsp3) is 0. The van der Waals surface area contributed by atoms with Gasteiger partial charge in [0.1, 0.15) is 4.60 Å². The Hall–Kier alpha value is -1.22. The molecule has 2 aromatic carbocycles. The maximum Gasteiger partial charge on any atom is 0.128 e. The summed E-state index contributed by atoms with van der Waals surface area (Å²) in [5.74, 6) is 0. The van der Waals surface area contributed by atoms with Gasteiger partial charge in [0.05, 0.1) is 0 Å². The molecule has 0 N–H and O–H groups in total. The molecule has 0 aliphatic carbocycles. The molecule has 1 radical (unpaired) electrons. The molecular formula is C15H10BrIrN2-. The third-order valence-corrected chi connectivity index (χ3v) is 3.13. The van der Waals surface area contributed by atoms with Crippen LogP contribution in [0.25, 0.3) is 16.8 Å². The van der Waals surface area contributed by atoms with Crippen molar-refractivity contribution in [1.82, 2.24) is 9.78 Å². The normalized spacial score (nSPS) is 9.95. The van der Waals surface area contributed by atoms with Crippen LogP contribution in [0.4, 0.5) is 0 Å². The second-order valence-corrected chi connectivity index (χ2v) is 4.72. The summed E-state index contributed by atoms with van der Waals surface area (Å²) in [7, 11) is 0. The Kier molecular flexibility index (Phi) is 4.70. The molecular weight excluding hydrogens is 480 g/mol. The van der Waals surface area contributed by atoms with Crippen LogP contribution >= 0.6 is 15.9 Å². The van der Waals surface area contributed by atoms with Crippen LogP contribution in [0.2, 0.25) is 0 Å². The summed E-state index contributed by atoms with van der Waals surface area (Å²) in [6.45, 7) is 0. The Bertz CT molecular complexity index is 647.